The molecule has 6 aliphatic rings. The molecule has 0 saturated heterocycles. The number of ether oxygens (including phenoxy) is 1. The molecule has 16 aromatic carbocycles. The second kappa shape index (κ2) is 22.6. The highest BCUT2D eigenvalue weighted by Gasteiger charge is 2.54. The summed E-state index contributed by atoms with van der Waals surface area (Å²) in [7, 11) is 0. The predicted octanol–water partition coefficient (Wildman–Crippen LogP) is 21.6. The van der Waals surface area contributed by atoms with Gasteiger partial charge in [0.2, 0.25) is 0 Å². The van der Waals surface area contributed by atoms with Crippen molar-refractivity contribution in [3.63, 3.8) is 0 Å². The summed E-state index contributed by atoms with van der Waals surface area (Å²) in [6, 6.07) is 116. The van der Waals surface area contributed by atoms with Crippen molar-refractivity contribution in [1.82, 2.24) is 0 Å². The zero-order valence-electron chi connectivity index (χ0n) is 63.0. The summed E-state index contributed by atoms with van der Waals surface area (Å²) in [5, 5.41) is 2.15. The number of hydrogen-bond donors (Lipinski definition) is 0. The molecule has 105 heavy (non-hydrogen) atoms. The Morgan fingerprint density at radius 1 is 0.324 bits per heavy atom. The molecule has 0 amide bonds. The van der Waals surface area contributed by atoms with Gasteiger partial charge in [-0.25, -0.2) is 0 Å². The second-order valence-electron chi connectivity index (χ2n) is 29.7. The molecule has 0 N–H and O–H groups in total. The van der Waals surface area contributed by atoms with E-state index in [-0.39, 0.29) is 29.8 Å². The van der Waals surface area contributed by atoms with Crippen LogP contribution < -0.4 is 52.2 Å². The zero-order valence-corrected chi connectivity index (χ0v) is 58.0. The monoisotopic (exact) mass is 1340 g/mol. The molecule has 6 heteroatoms. The largest absolute Gasteiger partial charge is 0.458 e. The highest BCUT2D eigenvalue weighted by molar-refractivity contribution is 7.02. The van der Waals surface area contributed by atoms with Gasteiger partial charge in [-0.3, -0.25) is 0 Å². The van der Waals surface area contributed by atoms with Crippen molar-refractivity contribution in [1.29, 1.82) is 0 Å². The highest BCUT2D eigenvalue weighted by Crippen LogP contribution is 2.65. The minimum absolute atomic E-state index is 0.117. The lowest BCUT2D eigenvalue weighted by molar-refractivity contribution is 0.488. The van der Waals surface area contributed by atoms with Crippen LogP contribution in [0.25, 0.3) is 77.5 Å². The first-order valence-electron chi connectivity index (χ1n) is 39.0. The van der Waals surface area contributed by atoms with E-state index < -0.39 is 30.3 Å². The van der Waals surface area contributed by atoms with E-state index in [0.717, 1.165) is 134 Å². The van der Waals surface area contributed by atoms with E-state index >= 15 is 0 Å². The first kappa shape index (κ1) is 54.8. The number of para-hydroxylation sites is 4. The van der Waals surface area contributed by atoms with Crippen LogP contribution in [0.4, 0.5) is 51.2 Å². The lowest BCUT2D eigenvalue weighted by Crippen LogP contribution is -2.64. The van der Waals surface area contributed by atoms with Crippen LogP contribution in [0.3, 0.4) is 0 Å². The van der Waals surface area contributed by atoms with Crippen molar-refractivity contribution < 1.29 is 11.6 Å². The van der Waals surface area contributed by atoms with E-state index in [4.69, 9.17) is 6.11 Å². The molecule has 0 fully saturated rings. The van der Waals surface area contributed by atoms with E-state index in [1.54, 1.807) is 0 Å². The molecule has 4 aliphatic heterocycles. The molecular weight excluding hydrogens is 1270 g/mol. The van der Waals surface area contributed by atoms with Gasteiger partial charge in [0.25, 0.3) is 13.4 Å². The first-order chi connectivity index (χ1) is 53.8. The number of fused-ring (bicyclic) bond motifs is 20. The minimum Gasteiger partial charge on any atom is -0.458 e. The average molecular weight is 1340 g/mol. The van der Waals surface area contributed by atoms with E-state index in [1.165, 1.54) is 55.6 Å². The van der Waals surface area contributed by atoms with Crippen molar-refractivity contribution >= 4 is 108 Å². The fourth-order valence-electron chi connectivity index (χ4n) is 19.0. The molecule has 0 saturated carbocycles. The normalized spacial score (nSPS) is 14.6. The Bertz CT molecular complexity index is 6510. The van der Waals surface area contributed by atoms with Crippen LogP contribution >= 0.6 is 0 Å². The van der Waals surface area contributed by atoms with Crippen LogP contribution in [0.5, 0.6) is 11.5 Å². The standard InChI is InChI=1S/C99H67B2N3O/c1-98(2,3)68-58-77(63-32-11-5-12-33-63)96(78(59-68)64-34-13-6-14-35-64)104-87-51-28-26-49-83(87)100-84-60-85-91(61-88(84)102(69-36-15-7-16-37-69)89-55-66(56-90(104)94(89)100)62-30-9-4-10-31-62)105-92-57-67-54-65(52-53-72(67)97-95(92)101(85)82-48-25-27-50-86(82)103(97)70-38-17-8-18-39-70)71-43-29-44-76-75-42-21-24-47-81(75)99(93(71)76)79-45-22-19-40-73(79)74-41-20-23-46-80(74)99/h4-61H,1-3H3/i4D,9D,10D,30D,31D. The van der Waals surface area contributed by atoms with Gasteiger partial charge >= 0.3 is 0 Å². The smallest absolute Gasteiger partial charge is 0.256 e. The Kier molecular flexibility index (Phi) is 11.8. The first-order valence-corrected chi connectivity index (χ1v) is 36.5. The van der Waals surface area contributed by atoms with E-state index in [9.17, 15) is 5.48 Å². The SMILES string of the molecule is [2H]c1c([2H])c([2H])c(-c2cc3c4c(c2)N(c2c(-c5ccccc5)cc(C(C)(C)C)cc2-c2ccccc2)c2ccccc2B4c2cc4c(cc2N3c2ccccc2)Oc2cc3cc(-c5cccc6c5C5(c7ccccc7-c7ccccc75)c5ccccc5-6)ccc3c3c2B4c2ccccc2N3c2ccccc2)c([2H])c1[2H]. The molecule has 4 heterocycles. The predicted molar refractivity (Wildman–Crippen MR) is 441 cm³/mol. The summed E-state index contributed by atoms with van der Waals surface area (Å²) in [5.74, 6) is 1.49. The van der Waals surface area contributed by atoms with Gasteiger partial charge in [-0.15, -0.1) is 0 Å². The maximum atomic E-state index is 9.79. The number of nitrogens with zero attached hydrogens (tertiary/aromatic N) is 3. The van der Waals surface area contributed by atoms with Gasteiger partial charge in [-0.05, 0) is 200 Å². The number of rotatable bonds is 7. The Morgan fingerprint density at radius 3 is 1.44 bits per heavy atom. The van der Waals surface area contributed by atoms with Gasteiger partial charge < -0.3 is 19.4 Å². The molecule has 4 nitrogen and oxygen atoms in total. The van der Waals surface area contributed by atoms with Crippen LogP contribution in [0.2, 0.25) is 0 Å². The van der Waals surface area contributed by atoms with Crippen LogP contribution in [0.15, 0.2) is 352 Å². The van der Waals surface area contributed by atoms with Crippen molar-refractivity contribution in [3.05, 3.63) is 380 Å². The molecule has 2 aliphatic carbocycles. The summed E-state index contributed by atoms with van der Waals surface area (Å²) in [4.78, 5) is 7.24. The van der Waals surface area contributed by atoms with Gasteiger partial charge in [0.15, 0.2) is 0 Å². The zero-order chi connectivity index (χ0) is 73.7. The maximum absolute atomic E-state index is 9.79. The third-order valence-corrected chi connectivity index (χ3v) is 23.3. The minimum atomic E-state index is -0.564. The van der Waals surface area contributed by atoms with Crippen LogP contribution in [0.1, 0.15) is 55.4 Å². The molecular formula is C99H67B2N3O. The van der Waals surface area contributed by atoms with E-state index in [0.29, 0.717) is 5.56 Å². The summed E-state index contributed by atoms with van der Waals surface area (Å²) in [6.45, 7) is 6.10. The van der Waals surface area contributed by atoms with Gasteiger partial charge in [-0.1, -0.05) is 294 Å². The lowest BCUT2D eigenvalue weighted by Gasteiger charge is -2.46. The second-order valence-corrected chi connectivity index (χ2v) is 29.7. The third kappa shape index (κ3) is 8.54. The topological polar surface area (TPSA) is 19.0 Å². The Labute approximate surface area is 620 Å². The highest BCUT2D eigenvalue weighted by atomic mass is 16.5. The van der Waals surface area contributed by atoms with Gasteiger partial charge in [0, 0.05) is 62.4 Å². The molecule has 22 rings (SSSR count). The van der Waals surface area contributed by atoms with Crippen molar-refractivity contribution in [2.45, 2.75) is 31.6 Å². The van der Waals surface area contributed by atoms with Crippen molar-refractivity contribution in [3.8, 4) is 78.3 Å². The summed E-state index contributed by atoms with van der Waals surface area (Å²) in [5.41, 5.74) is 32.5. The van der Waals surface area contributed by atoms with E-state index in [1.807, 2.05) is 6.07 Å². The van der Waals surface area contributed by atoms with Gasteiger partial charge in [0.05, 0.1) is 23.6 Å². The van der Waals surface area contributed by atoms with Crippen molar-refractivity contribution in [2.75, 3.05) is 14.7 Å². The number of benzene rings is 16. The maximum Gasteiger partial charge on any atom is 0.256 e. The third-order valence-electron chi connectivity index (χ3n) is 23.3. The molecule has 0 radical (unpaired) electrons. The van der Waals surface area contributed by atoms with E-state index in [2.05, 4.69) is 351 Å². The van der Waals surface area contributed by atoms with Crippen molar-refractivity contribution in [2.24, 2.45) is 0 Å². The summed E-state index contributed by atoms with van der Waals surface area (Å²) >= 11 is 0. The molecule has 0 atom stereocenters. The molecule has 16 aromatic rings. The molecule has 490 valence electrons. The lowest BCUT2D eigenvalue weighted by atomic mass is 9.30. The molecule has 0 aromatic heterocycles. The summed E-state index contributed by atoms with van der Waals surface area (Å²) < 4.78 is 54.8. The Morgan fingerprint density at radius 2 is 0.829 bits per heavy atom. The van der Waals surface area contributed by atoms with Gasteiger partial charge in [0.1, 0.15) is 11.5 Å². The quantitative estimate of drug-likeness (QED) is 0.148. The fourth-order valence-corrected chi connectivity index (χ4v) is 19.0. The average Bonchev–Trinajstić information content (AvgIpc) is 1.49. The molecule has 0 bridgehead atoms. The Balaban J connectivity index is 0.811. The Hall–Kier alpha value is -12.9. The van der Waals surface area contributed by atoms with Crippen LogP contribution in [-0.4, -0.2) is 13.4 Å². The molecule has 1 spiro atoms. The van der Waals surface area contributed by atoms with Crippen LogP contribution in [-0.2, 0) is 10.8 Å². The number of hydrogen-bond acceptors (Lipinski definition) is 4. The number of anilines is 9. The molecule has 0 unspecified atom stereocenters. The fraction of sp³-hybridized carbons (Fsp3) is 0.0505. The van der Waals surface area contributed by atoms with Gasteiger partial charge in [-0.2, -0.15) is 0 Å². The summed E-state index contributed by atoms with van der Waals surface area (Å²) in [6.07, 6.45) is 0. The van der Waals surface area contributed by atoms with Crippen LogP contribution in [0, 0.1) is 0 Å².